The number of pyridine rings is 1. The Kier molecular flexibility index (Phi) is 4.79. The van der Waals surface area contributed by atoms with E-state index in [9.17, 15) is 0 Å². The van der Waals surface area contributed by atoms with Gasteiger partial charge in [-0.2, -0.15) is 0 Å². The molecule has 2 aromatic heterocycles. The van der Waals surface area contributed by atoms with E-state index >= 15 is 0 Å². The molecule has 1 aromatic carbocycles. The number of nitrogens with one attached hydrogen (secondary N) is 1. The maximum atomic E-state index is 5.28. The highest BCUT2D eigenvalue weighted by Gasteiger charge is 2.08. The van der Waals surface area contributed by atoms with Crippen molar-refractivity contribution in [3.05, 3.63) is 53.0 Å². The molecule has 0 aliphatic rings. The van der Waals surface area contributed by atoms with Crippen molar-refractivity contribution in [1.29, 1.82) is 0 Å². The normalized spacial score (nSPS) is 12.3. The molecule has 3 rings (SSSR count). The van der Waals surface area contributed by atoms with Gasteiger partial charge in [-0.1, -0.05) is 6.07 Å². The molecule has 0 fully saturated rings. The molecule has 2 heterocycles. The molecule has 0 aliphatic carbocycles. The summed E-state index contributed by atoms with van der Waals surface area (Å²) in [6.07, 6.45) is 1.85. The van der Waals surface area contributed by atoms with E-state index in [1.165, 1.54) is 15.0 Å². The molecule has 5 heteroatoms. The number of hydrogen-bond donors (Lipinski definition) is 1. The Hall–Kier alpha value is -2.11. The minimum atomic E-state index is 0.230. The Morgan fingerprint density at radius 2 is 2.00 bits per heavy atom. The minimum absolute atomic E-state index is 0.230. The van der Waals surface area contributed by atoms with Gasteiger partial charge >= 0.3 is 0 Å². The van der Waals surface area contributed by atoms with Crippen molar-refractivity contribution in [3.63, 3.8) is 0 Å². The summed E-state index contributed by atoms with van der Waals surface area (Å²) in [5.41, 5.74) is 1.15. The average molecular weight is 328 g/mol. The van der Waals surface area contributed by atoms with Gasteiger partial charge in [0.15, 0.2) is 0 Å². The maximum absolute atomic E-state index is 5.28. The molecule has 1 N–H and O–H groups in total. The number of hydrogen-bond acceptors (Lipinski definition) is 5. The Morgan fingerprint density at radius 1 is 1.13 bits per heavy atom. The first-order valence-corrected chi connectivity index (χ1v) is 8.31. The number of fused-ring (bicyclic) bond motifs is 1. The van der Waals surface area contributed by atoms with E-state index in [0.29, 0.717) is 5.88 Å². The molecule has 1 atom stereocenters. The predicted molar refractivity (Wildman–Crippen MR) is 94.4 cm³/mol. The van der Waals surface area contributed by atoms with Crippen LogP contribution in [0.1, 0.15) is 23.4 Å². The fourth-order valence-electron chi connectivity index (χ4n) is 2.43. The average Bonchev–Trinajstić information content (AvgIpc) is 3.01. The maximum Gasteiger partial charge on any atom is 0.212 e. The van der Waals surface area contributed by atoms with Gasteiger partial charge < -0.3 is 14.8 Å². The molecular formula is C18H20N2O2S. The summed E-state index contributed by atoms with van der Waals surface area (Å²) in [6, 6.07) is 12.6. The summed E-state index contributed by atoms with van der Waals surface area (Å²) in [6.45, 7) is 2.97. The third-order valence-electron chi connectivity index (χ3n) is 3.83. The molecule has 0 saturated heterocycles. The summed E-state index contributed by atoms with van der Waals surface area (Å²) in [5.74, 6) is 1.53. The number of benzene rings is 1. The third kappa shape index (κ3) is 3.63. The molecule has 0 spiro atoms. The van der Waals surface area contributed by atoms with Crippen molar-refractivity contribution in [2.45, 2.75) is 19.5 Å². The van der Waals surface area contributed by atoms with Crippen LogP contribution < -0.4 is 14.8 Å². The summed E-state index contributed by atoms with van der Waals surface area (Å²) in [7, 11) is 3.32. The highest BCUT2D eigenvalue weighted by Crippen LogP contribution is 2.29. The Morgan fingerprint density at radius 3 is 2.70 bits per heavy atom. The molecule has 0 bridgehead atoms. The van der Waals surface area contributed by atoms with Gasteiger partial charge in [0.1, 0.15) is 5.75 Å². The van der Waals surface area contributed by atoms with Crippen molar-refractivity contribution in [2.75, 3.05) is 14.2 Å². The van der Waals surface area contributed by atoms with E-state index < -0.39 is 0 Å². The molecule has 0 aliphatic heterocycles. The van der Waals surface area contributed by atoms with Gasteiger partial charge in [-0.25, -0.2) is 4.98 Å². The first-order chi connectivity index (χ1) is 11.2. The lowest BCUT2D eigenvalue weighted by atomic mass is 10.1. The fourth-order valence-corrected chi connectivity index (χ4v) is 3.43. The van der Waals surface area contributed by atoms with Gasteiger partial charge in [-0.15, -0.1) is 11.3 Å². The molecule has 4 nitrogen and oxygen atoms in total. The van der Waals surface area contributed by atoms with Crippen LogP contribution in [0.15, 0.2) is 42.6 Å². The molecule has 0 amide bonds. The fraction of sp³-hybridized carbons (Fsp3) is 0.278. The zero-order valence-corrected chi connectivity index (χ0v) is 14.3. The van der Waals surface area contributed by atoms with E-state index in [1.54, 1.807) is 25.6 Å². The van der Waals surface area contributed by atoms with Crippen LogP contribution in [0.2, 0.25) is 0 Å². The monoisotopic (exact) mass is 328 g/mol. The molecule has 0 saturated carbocycles. The Labute approximate surface area is 140 Å². The summed E-state index contributed by atoms with van der Waals surface area (Å²) in [4.78, 5) is 5.56. The predicted octanol–water partition coefficient (Wildman–Crippen LogP) is 4.16. The third-order valence-corrected chi connectivity index (χ3v) is 4.94. The second-order valence-corrected chi connectivity index (χ2v) is 6.52. The number of ether oxygens (including phenoxy) is 2. The first kappa shape index (κ1) is 15.8. The highest BCUT2D eigenvalue weighted by atomic mass is 32.1. The van der Waals surface area contributed by atoms with E-state index in [4.69, 9.17) is 9.47 Å². The Bertz CT molecular complexity index is 783. The van der Waals surface area contributed by atoms with E-state index in [-0.39, 0.29) is 6.04 Å². The van der Waals surface area contributed by atoms with Crippen molar-refractivity contribution >= 4 is 21.4 Å². The summed E-state index contributed by atoms with van der Waals surface area (Å²) in [5, 5.41) is 4.77. The lowest BCUT2D eigenvalue weighted by Gasteiger charge is -2.13. The minimum Gasteiger partial charge on any atom is -0.497 e. The second kappa shape index (κ2) is 6.98. The number of nitrogens with zero attached hydrogens (tertiary/aromatic N) is 1. The van der Waals surface area contributed by atoms with Gasteiger partial charge in [0.2, 0.25) is 5.88 Å². The molecule has 0 radical (unpaired) electrons. The number of rotatable bonds is 6. The van der Waals surface area contributed by atoms with Gasteiger partial charge in [0, 0.05) is 34.4 Å². The molecule has 3 aromatic rings. The summed E-state index contributed by atoms with van der Waals surface area (Å²) < 4.78 is 11.6. The molecule has 1 unspecified atom stereocenters. The van der Waals surface area contributed by atoms with Crippen LogP contribution in [0.4, 0.5) is 0 Å². The van der Waals surface area contributed by atoms with Crippen LogP contribution in [0.5, 0.6) is 11.6 Å². The van der Waals surface area contributed by atoms with Gasteiger partial charge in [0.05, 0.1) is 14.2 Å². The van der Waals surface area contributed by atoms with E-state index in [2.05, 4.69) is 35.4 Å². The van der Waals surface area contributed by atoms with Crippen LogP contribution in [0.3, 0.4) is 0 Å². The van der Waals surface area contributed by atoms with Crippen molar-refractivity contribution in [3.8, 4) is 11.6 Å². The Balaban J connectivity index is 1.67. The molecular weight excluding hydrogens is 308 g/mol. The van der Waals surface area contributed by atoms with E-state index in [0.717, 1.165) is 17.9 Å². The standard InChI is InChI=1S/C18H20N2O2S/c1-12(13-4-7-18(22-3)20-10-13)19-11-16-9-14-8-15(21-2)5-6-17(14)23-16/h4-10,12,19H,11H2,1-3H3. The van der Waals surface area contributed by atoms with Crippen molar-refractivity contribution in [1.82, 2.24) is 10.3 Å². The molecule has 120 valence electrons. The highest BCUT2D eigenvalue weighted by molar-refractivity contribution is 7.19. The topological polar surface area (TPSA) is 43.4 Å². The second-order valence-electron chi connectivity index (χ2n) is 5.35. The van der Waals surface area contributed by atoms with Gasteiger partial charge in [-0.05, 0) is 42.1 Å². The zero-order valence-electron chi connectivity index (χ0n) is 13.5. The molecule has 23 heavy (non-hydrogen) atoms. The van der Waals surface area contributed by atoms with Crippen molar-refractivity contribution < 1.29 is 9.47 Å². The largest absolute Gasteiger partial charge is 0.497 e. The van der Waals surface area contributed by atoms with Crippen molar-refractivity contribution in [2.24, 2.45) is 0 Å². The number of methoxy groups -OCH3 is 2. The van der Waals surface area contributed by atoms with Crippen LogP contribution >= 0.6 is 11.3 Å². The van der Waals surface area contributed by atoms with Gasteiger partial charge in [0.25, 0.3) is 0 Å². The van der Waals surface area contributed by atoms with Crippen LogP contribution in [0, 0.1) is 0 Å². The van der Waals surface area contributed by atoms with E-state index in [1.807, 2.05) is 24.4 Å². The first-order valence-electron chi connectivity index (χ1n) is 7.49. The van der Waals surface area contributed by atoms with Gasteiger partial charge in [-0.3, -0.25) is 0 Å². The zero-order chi connectivity index (χ0) is 16.2. The number of thiophene rings is 1. The lowest BCUT2D eigenvalue weighted by Crippen LogP contribution is -2.17. The smallest absolute Gasteiger partial charge is 0.212 e. The number of aromatic nitrogens is 1. The van der Waals surface area contributed by atoms with Crippen LogP contribution in [-0.2, 0) is 6.54 Å². The van der Waals surface area contributed by atoms with Crippen LogP contribution in [-0.4, -0.2) is 19.2 Å². The van der Waals surface area contributed by atoms with Crippen LogP contribution in [0.25, 0.3) is 10.1 Å². The summed E-state index contributed by atoms with van der Waals surface area (Å²) >= 11 is 1.81. The lowest BCUT2D eigenvalue weighted by molar-refractivity contribution is 0.397. The quantitative estimate of drug-likeness (QED) is 0.738. The SMILES string of the molecule is COc1ccc2sc(CNC(C)c3ccc(OC)nc3)cc2c1.